The van der Waals surface area contributed by atoms with Gasteiger partial charge in [-0.25, -0.2) is 0 Å². The van der Waals surface area contributed by atoms with Gasteiger partial charge in [0, 0.05) is 11.3 Å². The van der Waals surface area contributed by atoms with Gasteiger partial charge in [-0.05, 0) is 30.7 Å². The highest BCUT2D eigenvalue weighted by Gasteiger charge is 2.01. The number of carbonyl (C=O) groups is 2. The van der Waals surface area contributed by atoms with Crippen molar-refractivity contribution in [3.05, 3.63) is 22.4 Å². The Labute approximate surface area is 144 Å². The lowest BCUT2D eigenvalue weighted by Crippen LogP contribution is -2.01. The molecule has 130 valence electrons. The van der Waals surface area contributed by atoms with Crippen molar-refractivity contribution in [2.45, 2.75) is 83.5 Å². The third kappa shape index (κ3) is 12.0. The summed E-state index contributed by atoms with van der Waals surface area (Å²) in [5.41, 5.74) is 0. The molecule has 0 aliphatic carbocycles. The number of hydrogen-bond donors (Lipinski definition) is 0. The quantitative estimate of drug-likeness (QED) is 0.179. The Balaban J connectivity index is 1.73. The summed E-state index contributed by atoms with van der Waals surface area (Å²) in [5, 5.41) is 2.16. The summed E-state index contributed by atoms with van der Waals surface area (Å²) in [6.07, 6.45) is 15.3. The fraction of sp³-hybridized carbons (Fsp3) is 0.684. The molecule has 0 spiro atoms. The van der Waals surface area contributed by atoms with Gasteiger partial charge in [0.15, 0.2) is 0 Å². The highest BCUT2D eigenvalue weighted by atomic mass is 32.1. The second-order valence-electron chi connectivity index (χ2n) is 6.05. The largest absolute Gasteiger partial charge is 0.395 e. The molecular weight excluding hydrogens is 308 g/mol. The van der Waals surface area contributed by atoms with Crippen molar-refractivity contribution in [2.24, 2.45) is 0 Å². The highest BCUT2D eigenvalue weighted by molar-refractivity contribution is 7.09. The second kappa shape index (κ2) is 14.4. The van der Waals surface area contributed by atoms with Crippen molar-refractivity contribution in [1.82, 2.24) is 0 Å². The first-order valence-corrected chi connectivity index (χ1v) is 9.86. The van der Waals surface area contributed by atoms with Crippen LogP contribution in [0.4, 0.5) is 0 Å². The Morgan fingerprint density at radius 3 is 2.00 bits per heavy atom. The van der Waals surface area contributed by atoms with E-state index in [0.717, 1.165) is 12.8 Å². The number of rotatable bonds is 15. The molecule has 0 amide bonds. The molecule has 3 nitrogen and oxygen atoms in total. The summed E-state index contributed by atoms with van der Waals surface area (Å²) < 4.78 is 4.24. The van der Waals surface area contributed by atoms with Crippen LogP contribution in [-0.2, 0) is 20.7 Å². The minimum atomic E-state index is -0.404. The molecular formula is C19H30O3S. The van der Waals surface area contributed by atoms with Crippen molar-refractivity contribution >= 4 is 23.8 Å². The maximum Gasteiger partial charge on any atom is 0.313 e. The van der Waals surface area contributed by atoms with Crippen molar-refractivity contribution in [3.8, 4) is 0 Å². The fourth-order valence-corrected chi connectivity index (χ4v) is 3.48. The predicted octanol–water partition coefficient (Wildman–Crippen LogP) is 5.67. The smallest absolute Gasteiger partial charge is 0.313 e. The lowest BCUT2D eigenvalue weighted by Gasteiger charge is -2.03. The molecule has 0 saturated carbocycles. The molecule has 0 aromatic carbocycles. The Hall–Kier alpha value is -1.16. The zero-order valence-electron chi connectivity index (χ0n) is 14.1. The molecule has 0 aliphatic heterocycles. The van der Waals surface area contributed by atoms with Gasteiger partial charge in [0.1, 0.15) is 0 Å². The molecule has 0 fully saturated rings. The van der Waals surface area contributed by atoms with Crippen LogP contribution in [0.3, 0.4) is 0 Å². The maximum atomic E-state index is 10.9. The van der Waals surface area contributed by atoms with Gasteiger partial charge in [-0.15, -0.1) is 11.3 Å². The lowest BCUT2D eigenvalue weighted by molar-refractivity contribution is -0.151. The molecule has 0 atom stereocenters. The van der Waals surface area contributed by atoms with E-state index in [0.29, 0.717) is 6.42 Å². The molecule has 1 aromatic rings. The van der Waals surface area contributed by atoms with E-state index in [2.05, 4.69) is 22.2 Å². The number of carbonyl (C=O) groups excluding carboxylic acids is 2. The van der Waals surface area contributed by atoms with Crippen LogP contribution < -0.4 is 0 Å². The van der Waals surface area contributed by atoms with Crippen LogP contribution in [0.25, 0.3) is 0 Å². The van der Waals surface area contributed by atoms with E-state index in [1.54, 1.807) is 0 Å². The summed E-state index contributed by atoms with van der Waals surface area (Å²) in [4.78, 5) is 22.4. The molecule has 1 aromatic heterocycles. The lowest BCUT2D eigenvalue weighted by atomic mass is 10.0. The van der Waals surface area contributed by atoms with Crippen LogP contribution in [-0.4, -0.2) is 12.4 Å². The number of hydrogen-bond acceptors (Lipinski definition) is 4. The topological polar surface area (TPSA) is 43.4 Å². The van der Waals surface area contributed by atoms with Crippen LogP contribution in [0.5, 0.6) is 0 Å². The molecule has 0 aliphatic rings. The third-order valence-corrected chi connectivity index (χ3v) is 5.00. The molecule has 23 heavy (non-hydrogen) atoms. The van der Waals surface area contributed by atoms with Gasteiger partial charge in [-0.3, -0.25) is 9.59 Å². The first-order valence-electron chi connectivity index (χ1n) is 8.98. The summed E-state index contributed by atoms with van der Waals surface area (Å²) >= 11 is 1.87. The molecule has 0 bridgehead atoms. The van der Waals surface area contributed by atoms with Gasteiger partial charge in [0.2, 0.25) is 0 Å². The monoisotopic (exact) mass is 338 g/mol. The Morgan fingerprint density at radius 2 is 1.48 bits per heavy atom. The minimum Gasteiger partial charge on any atom is -0.395 e. The number of unbranched alkanes of at least 4 members (excludes halogenated alkanes) is 10. The first kappa shape index (κ1) is 19.9. The zero-order chi connectivity index (χ0) is 16.6. The first-order chi connectivity index (χ1) is 11.3. The van der Waals surface area contributed by atoms with Crippen molar-refractivity contribution in [2.75, 3.05) is 0 Å². The molecule has 0 saturated heterocycles. The summed E-state index contributed by atoms with van der Waals surface area (Å²) in [5.74, 6) is -0.404. The van der Waals surface area contributed by atoms with Crippen LogP contribution in [0.15, 0.2) is 17.5 Å². The fourth-order valence-electron chi connectivity index (χ4n) is 2.73. The molecule has 0 unspecified atom stereocenters. The van der Waals surface area contributed by atoms with Gasteiger partial charge in [0.25, 0.3) is 0 Å². The number of esters is 1. The van der Waals surface area contributed by atoms with Gasteiger partial charge in [-0.2, -0.15) is 0 Å². The molecule has 0 radical (unpaired) electrons. The molecule has 1 heterocycles. The van der Waals surface area contributed by atoms with Crippen molar-refractivity contribution in [1.29, 1.82) is 0 Å². The summed E-state index contributed by atoms with van der Waals surface area (Å²) in [6, 6.07) is 4.37. The average molecular weight is 339 g/mol. The van der Waals surface area contributed by atoms with Crippen LogP contribution in [0.2, 0.25) is 0 Å². The number of ether oxygens (including phenoxy) is 1. The molecule has 0 N–H and O–H groups in total. The third-order valence-electron chi connectivity index (χ3n) is 4.06. The van der Waals surface area contributed by atoms with E-state index in [9.17, 15) is 9.59 Å². The highest BCUT2D eigenvalue weighted by Crippen LogP contribution is 2.15. The number of aryl methyl sites for hydroxylation is 1. The van der Waals surface area contributed by atoms with E-state index in [4.69, 9.17) is 0 Å². The Morgan fingerprint density at radius 1 is 0.913 bits per heavy atom. The minimum absolute atomic E-state index is 0.213. The zero-order valence-corrected chi connectivity index (χ0v) is 15.0. The van der Waals surface area contributed by atoms with Crippen LogP contribution >= 0.6 is 11.3 Å². The van der Waals surface area contributed by atoms with Crippen molar-refractivity contribution < 1.29 is 14.3 Å². The van der Waals surface area contributed by atoms with E-state index in [1.807, 2.05) is 11.3 Å². The summed E-state index contributed by atoms with van der Waals surface area (Å²) in [6.45, 7) is 0.213. The van der Waals surface area contributed by atoms with Gasteiger partial charge < -0.3 is 4.74 Å². The van der Waals surface area contributed by atoms with Gasteiger partial charge in [0.05, 0.1) is 0 Å². The predicted molar refractivity (Wildman–Crippen MR) is 95.6 cm³/mol. The second-order valence-corrected chi connectivity index (χ2v) is 7.09. The number of thiophene rings is 1. The Kier molecular flexibility index (Phi) is 12.5. The Bertz CT molecular complexity index is 401. The standard InChI is InChI=1S/C19H30O3S/c20-17-22-19(21)15-11-9-7-5-3-1-2-4-6-8-10-13-18-14-12-16-23-18/h12,14,16-17H,1-11,13,15H2. The SMILES string of the molecule is O=COC(=O)CCCCCCCCCCCCCc1cccs1. The van der Waals surface area contributed by atoms with Gasteiger partial charge in [-0.1, -0.05) is 63.9 Å². The van der Waals surface area contributed by atoms with E-state index < -0.39 is 5.97 Å². The van der Waals surface area contributed by atoms with Gasteiger partial charge >= 0.3 is 12.4 Å². The van der Waals surface area contributed by atoms with Crippen LogP contribution in [0, 0.1) is 0 Å². The van der Waals surface area contributed by atoms with Crippen molar-refractivity contribution in [3.63, 3.8) is 0 Å². The van der Waals surface area contributed by atoms with Crippen LogP contribution in [0.1, 0.15) is 81.9 Å². The molecule has 4 heteroatoms. The van der Waals surface area contributed by atoms with E-state index in [-0.39, 0.29) is 6.47 Å². The maximum absolute atomic E-state index is 10.9. The molecule has 1 rings (SSSR count). The normalized spacial score (nSPS) is 10.6. The average Bonchev–Trinajstić information content (AvgIpc) is 3.05. The van der Waals surface area contributed by atoms with E-state index >= 15 is 0 Å². The summed E-state index contributed by atoms with van der Waals surface area (Å²) in [7, 11) is 0. The van der Waals surface area contributed by atoms with E-state index in [1.165, 1.54) is 69.1 Å².